The Morgan fingerprint density at radius 2 is 2.00 bits per heavy atom. The maximum absolute atomic E-state index is 11.1. The second-order valence-electron chi connectivity index (χ2n) is 4.82. The summed E-state index contributed by atoms with van der Waals surface area (Å²) in [7, 11) is 1.40. The van der Waals surface area contributed by atoms with Gasteiger partial charge in [0.25, 0.3) is 0 Å². The highest BCUT2D eigenvalue weighted by molar-refractivity contribution is 5.67. The molecule has 0 saturated heterocycles. The summed E-state index contributed by atoms with van der Waals surface area (Å²) in [4.78, 5) is 11.1. The highest BCUT2D eigenvalue weighted by Gasteiger charge is 2.39. The van der Waals surface area contributed by atoms with Crippen molar-refractivity contribution in [1.29, 1.82) is 0 Å². The average Bonchev–Trinajstić information content (AvgIpc) is 2.80. The first-order chi connectivity index (χ1) is 5.95. The minimum atomic E-state index is -0.313. The van der Waals surface area contributed by atoms with E-state index in [0.29, 0.717) is 5.92 Å². The molecular weight excluding hydrogens is 166 g/mol. The van der Waals surface area contributed by atoms with Gasteiger partial charge in [0.15, 0.2) is 0 Å². The zero-order chi connectivity index (χ0) is 10.1. The first-order valence-corrected chi connectivity index (χ1v) is 4.79. The second kappa shape index (κ2) is 3.56. The molecular formula is C10H19NO2. The van der Waals surface area contributed by atoms with Crippen LogP contribution in [0.15, 0.2) is 0 Å². The van der Waals surface area contributed by atoms with Crippen LogP contribution in [0.1, 0.15) is 33.6 Å². The largest absolute Gasteiger partial charge is 0.453 e. The molecule has 1 amide bonds. The molecule has 0 aromatic carbocycles. The van der Waals surface area contributed by atoms with Gasteiger partial charge in [-0.05, 0) is 24.2 Å². The van der Waals surface area contributed by atoms with Crippen molar-refractivity contribution in [3.8, 4) is 0 Å². The lowest BCUT2D eigenvalue weighted by atomic mass is 9.84. The maximum atomic E-state index is 11.1. The monoisotopic (exact) mass is 185 g/mol. The van der Waals surface area contributed by atoms with E-state index in [1.807, 2.05) is 0 Å². The van der Waals surface area contributed by atoms with Crippen LogP contribution in [-0.2, 0) is 4.74 Å². The Balaban J connectivity index is 2.53. The van der Waals surface area contributed by atoms with Crippen molar-refractivity contribution in [2.45, 2.75) is 39.7 Å². The van der Waals surface area contributed by atoms with Gasteiger partial charge in [-0.3, -0.25) is 0 Å². The lowest BCUT2D eigenvalue weighted by Gasteiger charge is -2.31. The van der Waals surface area contributed by atoms with E-state index in [1.165, 1.54) is 20.0 Å². The van der Waals surface area contributed by atoms with Gasteiger partial charge in [0.05, 0.1) is 7.11 Å². The smallest absolute Gasteiger partial charge is 0.407 e. The van der Waals surface area contributed by atoms with E-state index in [2.05, 4.69) is 30.8 Å². The van der Waals surface area contributed by atoms with Gasteiger partial charge in [-0.2, -0.15) is 0 Å². The van der Waals surface area contributed by atoms with E-state index in [1.54, 1.807) is 0 Å². The molecule has 13 heavy (non-hydrogen) atoms. The predicted octanol–water partition coefficient (Wildman–Crippen LogP) is 2.17. The third-order valence-electron chi connectivity index (χ3n) is 2.49. The summed E-state index contributed by atoms with van der Waals surface area (Å²) >= 11 is 0. The molecule has 3 heteroatoms. The maximum Gasteiger partial charge on any atom is 0.407 e. The van der Waals surface area contributed by atoms with Crippen LogP contribution in [-0.4, -0.2) is 19.2 Å². The SMILES string of the molecule is COC(=O)N[C@H](C1CC1)C(C)(C)C. The van der Waals surface area contributed by atoms with Crippen LogP contribution in [0.25, 0.3) is 0 Å². The Labute approximate surface area is 79.8 Å². The van der Waals surface area contributed by atoms with Crippen molar-refractivity contribution in [3.63, 3.8) is 0 Å². The topological polar surface area (TPSA) is 38.3 Å². The number of alkyl carbamates (subject to hydrolysis) is 1. The normalized spacial score (nSPS) is 19.4. The molecule has 0 bridgehead atoms. The fraction of sp³-hybridized carbons (Fsp3) is 0.900. The summed E-state index contributed by atoms with van der Waals surface area (Å²) in [5, 5.41) is 2.91. The van der Waals surface area contributed by atoms with E-state index in [-0.39, 0.29) is 17.6 Å². The molecule has 1 rings (SSSR count). The number of rotatable bonds is 2. The summed E-state index contributed by atoms with van der Waals surface area (Å²) in [6.07, 6.45) is 2.14. The number of ether oxygens (including phenoxy) is 1. The lowest BCUT2D eigenvalue weighted by molar-refractivity contribution is 0.149. The molecule has 0 aromatic heterocycles. The number of nitrogens with one attached hydrogen (secondary N) is 1. The van der Waals surface area contributed by atoms with E-state index >= 15 is 0 Å². The van der Waals surface area contributed by atoms with Crippen molar-refractivity contribution < 1.29 is 9.53 Å². The molecule has 0 aromatic rings. The quantitative estimate of drug-likeness (QED) is 0.716. The van der Waals surface area contributed by atoms with Crippen molar-refractivity contribution in [1.82, 2.24) is 5.32 Å². The zero-order valence-electron chi connectivity index (χ0n) is 8.89. The van der Waals surface area contributed by atoms with E-state index in [9.17, 15) is 4.79 Å². The van der Waals surface area contributed by atoms with Crippen LogP contribution in [0.2, 0.25) is 0 Å². The van der Waals surface area contributed by atoms with Crippen LogP contribution < -0.4 is 5.32 Å². The summed E-state index contributed by atoms with van der Waals surface area (Å²) in [5.74, 6) is 0.652. The summed E-state index contributed by atoms with van der Waals surface area (Å²) in [5.41, 5.74) is 0.120. The van der Waals surface area contributed by atoms with Gasteiger partial charge >= 0.3 is 6.09 Å². The van der Waals surface area contributed by atoms with Crippen LogP contribution in [0.3, 0.4) is 0 Å². The fourth-order valence-electron chi connectivity index (χ4n) is 1.66. The van der Waals surface area contributed by atoms with Crippen LogP contribution in [0.5, 0.6) is 0 Å². The standard InChI is InChI=1S/C10H19NO2/c1-10(2,3)8(7-5-6-7)11-9(12)13-4/h7-8H,5-6H2,1-4H3,(H,11,12)/t8-/m1/s1. The Bertz CT molecular complexity index is 192. The Kier molecular flexibility index (Phi) is 2.84. The minimum Gasteiger partial charge on any atom is -0.453 e. The molecule has 0 spiro atoms. The van der Waals surface area contributed by atoms with Crippen molar-refractivity contribution in [2.24, 2.45) is 11.3 Å². The molecule has 1 saturated carbocycles. The van der Waals surface area contributed by atoms with Crippen molar-refractivity contribution >= 4 is 6.09 Å². The van der Waals surface area contributed by atoms with Crippen molar-refractivity contribution in [3.05, 3.63) is 0 Å². The average molecular weight is 185 g/mol. The number of amides is 1. The van der Waals surface area contributed by atoms with Crippen molar-refractivity contribution in [2.75, 3.05) is 7.11 Å². The third kappa shape index (κ3) is 2.90. The molecule has 1 aliphatic rings. The molecule has 3 nitrogen and oxygen atoms in total. The molecule has 1 fully saturated rings. The molecule has 76 valence electrons. The molecule has 0 aliphatic heterocycles. The van der Waals surface area contributed by atoms with Gasteiger partial charge < -0.3 is 10.1 Å². The number of methoxy groups -OCH3 is 1. The zero-order valence-corrected chi connectivity index (χ0v) is 8.89. The molecule has 1 aliphatic carbocycles. The predicted molar refractivity (Wildman–Crippen MR) is 51.5 cm³/mol. The number of hydrogen-bond donors (Lipinski definition) is 1. The van der Waals surface area contributed by atoms with Gasteiger partial charge in [0.1, 0.15) is 0 Å². The molecule has 0 unspecified atom stereocenters. The van der Waals surface area contributed by atoms with E-state index in [0.717, 1.165) is 0 Å². The van der Waals surface area contributed by atoms with Crippen LogP contribution in [0, 0.1) is 11.3 Å². The molecule has 0 radical (unpaired) electrons. The molecule has 1 N–H and O–H groups in total. The second-order valence-corrected chi connectivity index (χ2v) is 4.82. The first-order valence-electron chi connectivity index (χ1n) is 4.79. The van der Waals surface area contributed by atoms with Crippen LogP contribution >= 0.6 is 0 Å². The number of carbonyl (C=O) groups is 1. The summed E-state index contributed by atoms with van der Waals surface area (Å²) in [6, 6.07) is 0.250. The third-order valence-corrected chi connectivity index (χ3v) is 2.49. The summed E-state index contributed by atoms with van der Waals surface area (Å²) < 4.78 is 4.60. The summed E-state index contributed by atoms with van der Waals surface area (Å²) in [6.45, 7) is 6.43. The molecule has 1 atom stereocenters. The van der Waals surface area contributed by atoms with Gasteiger partial charge in [-0.1, -0.05) is 20.8 Å². The number of carbonyl (C=O) groups excluding carboxylic acids is 1. The Hall–Kier alpha value is -0.730. The van der Waals surface area contributed by atoms with Crippen LogP contribution in [0.4, 0.5) is 4.79 Å². The van der Waals surface area contributed by atoms with E-state index in [4.69, 9.17) is 0 Å². The highest BCUT2D eigenvalue weighted by atomic mass is 16.5. The van der Waals surface area contributed by atoms with Gasteiger partial charge in [0.2, 0.25) is 0 Å². The lowest BCUT2D eigenvalue weighted by Crippen LogP contribution is -2.45. The first kappa shape index (κ1) is 10.4. The van der Waals surface area contributed by atoms with Gasteiger partial charge in [-0.25, -0.2) is 4.79 Å². The minimum absolute atomic E-state index is 0.120. The van der Waals surface area contributed by atoms with Gasteiger partial charge in [-0.15, -0.1) is 0 Å². The fourth-order valence-corrected chi connectivity index (χ4v) is 1.66. The van der Waals surface area contributed by atoms with E-state index < -0.39 is 0 Å². The number of hydrogen-bond acceptors (Lipinski definition) is 2. The highest BCUT2D eigenvalue weighted by Crippen LogP contribution is 2.40. The Morgan fingerprint density at radius 3 is 2.31 bits per heavy atom. The van der Waals surface area contributed by atoms with Gasteiger partial charge in [0, 0.05) is 6.04 Å². The molecule has 0 heterocycles. The Morgan fingerprint density at radius 1 is 1.46 bits per heavy atom.